The average Bonchev–Trinajstić information content (AvgIpc) is 3.84. The van der Waals surface area contributed by atoms with Crippen molar-refractivity contribution < 1.29 is 0 Å². The first kappa shape index (κ1) is 44.2. The highest BCUT2D eigenvalue weighted by molar-refractivity contribution is 7.33. The summed E-state index contributed by atoms with van der Waals surface area (Å²) < 4.78 is 2.83. The van der Waals surface area contributed by atoms with Gasteiger partial charge in [0.1, 0.15) is 0 Å². The SMILES string of the molecule is Cc1cc2c3c(c1)N(c1ccc(C(C)(C)C)c4c1-c1ccccc1C4)c1c(sc4ccc(C(C)(C)C)cc14)B3c1cc3c(cc1N2c1ccc2c(c1)C(C)(C)CCC2(C)C)C(C)(C)CCC3(C)C. The number of anilines is 6. The minimum atomic E-state index is 0.00630. The Morgan fingerprint density at radius 1 is 0.559 bits per heavy atom. The van der Waals surface area contributed by atoms with Gasteiger partial charge >= 0.3 is 0 Å². The predicted octanol–water partition coefficient (Wildman–Crippen LogP) is 16.2. The van der Waals surface area contributed by atoms with Gasteiger partial charge in [-0.25, -0.2) is 0 Å². The van der Waals surface area contributed by atoms with E-state index in [4.69, 9.17) is 0 Å². The number of thiophene rings is 1. The van der Waals surface area contributed by atoms with Crippen LogP contribution in [0.4, 0.5) is 34.1 Å². The molecule has 68 heavy (non-hydrogen) atoms. The summed E-state index contributed by atoms with van der Waals surface area (Å²) in [5.74, 6) is 0. The molecule has 0 radical (unpaired) electrons. The Morgan fingerprint density at radius 3 is 1.84 bits per heavy atom. The number of nitrogens with zero attached hydrogens (tertiary/aromatic N) is 2. The molecule has 2 aliphatic heterocycles. The molecule has 0 saturated carbocycles. The lowest BCUT2D eigenvalue weighted by molar-refractivity contribution is 0.332. The molecule has 2 nitrogen and oxygen atoms in total. The quantitative estimate of drug-likeness (QED) is 0.159. The van der Waals surface area contributed by atoms with Crippen molar-refractivity contribution in [2.75, 3.05) is 9.80 Å². The highest BCUT2D eigenvalue weighted by Gasteiger charge is 2.49. The molecule has 0 saturated heterocycles. The summed E-state index contributed by atoms with van der Waals surface area (Å²) in [7, 11) is 0. The largest absolute Gasteiger partial charge is 0.311 e. The van der Waals surface area contributed by atoms with Gasteiger partial charge in [0.15, 0.2) is 0 Å². The fraction of sp³-hybridized carbons (Fsp3) is 0.406. The van der Waals surface area contributed by atoms with Crippen LogP contribution in [-0.2, 0) is 38.9 Å². The second kappa shape index (κ2) is 14.1. The molecule has 12 rings (SSSR count). The summed E-state index contributed by atoms with van der Waals surface area (Å²) in [4.78, 5) is 5.49. The second-order valence-electron chi connectivity index (χ2n) is 26.4. The second-order valence-corrected chi connectivity index (χ2v) is 27.5. The van der Waals surface area contributed by atoms with Crippen LogP contribution in [0.5, 0.6) is 0 Å². The summed E-state index contributed by atoms with van der Waals surface area (Å²) in [5, 5.41) is 1.37. The van der Waals surface area contributed by atoms with Crippen LogP contribution in [0.25, 0.3) is 21.2 Å². The van der Waals surface area contributed by atoms with Gasteiger partial charge in [0.25, 0.3) is 6.71 Å². The fourth-order valence-corrected chi connectivity index (χ4v) is 14.8. The minimum absolute atomic E-state index is 0.00630. The van der Waals surface area contributed by atoms with Gasteiger partial charge in [0.05, 0.1) is 11.4 Å². The van der Waals surface area contributed by atoms with Gasteiger partial charge in [0, 0.05) is 43.2 Å². The molecule has 0 N–H and O–H groups in total. The van der Waals surface area contributed by atoms with Gasteiger partial charge in [0.2, 0.25) is 0 Å². The van der Waals surface area contributed by atoms with E-state index in [9.17, 15) is 0 Å². The Kier molecular flexibility index (Phi) is 9.13. The molecule has 3 aliphatic carbocycles. The van der Waals surface area contributed by atoms with Gasteiger partial charge < -0.3 is 9.80 Å². The maximum absolute atomic E-state index is 2.77. The molecule has 0 fully saturated rings. The smallest absolute Gasteiger partial charge is 0.264 e. The third kappa shape index (κ3) is 6.27. The van der Waals surface area contributed by atoms with E-state index in [0.717, 1.165) is 6.42 Å². The van der Waals surface area contributed by atoms with Crippen molar-refractivity contribution in [2.45, 2.75) is 168 Å². The van der Waals surface area contributed by atoms with E-state index in [1.54, 1.807) is 0 Å². The topological polar surface area (TPSA) is 6.48 Å². The molecule has 346 valence electrons. The van der Waals surface area contributed by atoms with Gasteiger partial charge in [-0.2, -0.15) is 0 Å². The standard InChI is InChI=1S/C64H71BN2S/c1-37-30-52-56-53(31-37)67(50-24-23-44(60(5,6)7)42-32-38-18-16-17-19-41(38)55(42)50)57-43-33-39(59(2,3)4)20-25-54(43)68-58(57)65(56)49-35-47-48(64(14,15)29-28-63(47,12)13)36-51(49)66(52)40-21-22-45-46(34-40)62(10,11)27-26-61(45,8)9/h16-25,30-31,33-36H,26-29,32H2,1-15H3. The molecule has 0 bridgehead atoms. The Bertz CT molecular complexity index is 3320. The maximum Gasteiger partial charge on any atom is 0.264 e. The molecule has 0 atom stereocenters. The molecule has 7 aromatic rings. The summed E-state index contributed by atoms with van der Waals surface area (Å²) in [6.45, 7) is 36.6. The van der Waals surface area contributed by atoms with E-state index in [-0.39, 0.29) is 39.2 Å². The Balaban J connectivity index is 1.23. The summed E-state index contributed by atoms with van der Waals surface area (Å²) in [6.07, 6.45) is 5.73. The van der Waals surface area contributed by atoms with Crippen LogP contribution in [0.3, 0.4) is 0 Å². The van der Waals surface area contributed by atoms with E-state index in [2.05, 4.69) is 211 Å². The van der Waals surface area contributed by atoms with Crippen LogP contribution in [0.1, 0.15) is 173 Å². The zero-order chi connectivity index (χ0) is 48.0. The molecule has 0 spiro atoms. The first-order valence-electron chi connectivity index (χ1n) is 25.8. The predicted molar refractivity (Wildman–Crippen MR) is 297 cm³/mol. The highest BCUT2D eigenvalue weighted by Crippen LogP contribution is 2.56. The van der Waals surface area contributed by atoms with Crippen molar-refractivity contribution in [2.24, 2.45) is 0 Å². The van der Waals surface area contributed by atoms with Crippen molar-refractivity contribution in [3.8, 4) is 11.1 Å². The van der Waals surface area contributed by atoms with Gasteiger partial charge in [-0.3, -0.25) is 0 Å². The monoisotopic (exact) mass is 911 g/mol. The lowest BCUT2D eigenvalue weighted by atomic mass is 9.35. The number of fused-ring (bicyclic) bond motifs is 11. The van der Waals surface area contributed by atoms with E-state index in [1.807, 2.05) is 11.3 Å². The van der Waals surface area contributed by atoms with Crippen LogP contribution in [0, 0.1) is 6.92 Å². The normalized spacial score (nSPS) is 18.9. The van der Waals surface area contributed by atoms with Gasteiger partial charge in [-0.15, -0.1) is 11.3 Å². The van der Waals surface area contributed by atoms with Crippen molar-refractivity contribution in [1.29, 1.82) is 0 Å². The van der Waals surface area contributed by atoms with Crippen LogP contribution in [0.15, 0.2) is 97.1 Å². The van der Waals surface area contributed by atoms with Crippen LogP contribution in [0.2, 0.25) is 0 Å². The summed E-state index contributed by atoms with van der Waals surface area (Å²) >= 11 is 2.04. The van der Waals surface area contributed by atoms with Crippen molar-refractivity contribution in [1.82, 2.24) is 0 Å². The number of hydrogen-bond donors (Lipinski definition) is 0. The average molecular weight is 911 g/mol. The van der Waals surface area contributed by atoms with Crippen molar-refractivity contribution in [3.63, 3.8) is 0 Å². The Labute approximate surface area is 412 Å². The molecule has 6 aromatic carbocycles. The van der Waals surface area contributed by atoms with Crippen LogP contribution in [-0.4, -0.2) is 6.71 Å². The third-order valence-corrected chi connectivity index (χ3v) is 19.0. The van der Waals surface area contributed by atoms with E-state index in [0.29, 0.717) is 0 Å². The van der Waals surface area contributed by atoms with Gasteiger partial charge in [-0.1, -0.05) is 145 Å². The van der Waals surface area contributed by atoms with Crippen molar-refractivity contribution >= 4 is 78.0 Å². The Hall–Kier alpha value is -5.06. The fourth-order valence-electron chi connectivity index (χ4n) is 13.5. The lowest BCUT2D eigenvalue weighted by Gasteiger charge is -2.47. The van der Waals surface area contributed by atoms with Crippen LogP contribution >= 0.6 is 11.3 Å². The minimum Gasteiger partial charge on any atom is -0.311 e. The molecule has 3 heterocycles. The van der Waals surface area contributed by atoms with E-state index >= 15 is 0 Å². The first-order chi connectivity index (χ1) is 31.9. The highest BCUT2D eigenvalue weighted by atomic mass is 32.1. The lowest BCUT2D eigenvalue weighted by Crippen LogP contribution is -2.61. The first-order valence-corrected chi connectivity index (χ1v) is 26.6. The number of hydrogen-bond acceptors (Lipinski definition) is 3. The van der Waals surface area contributed by atoms with Crippen molar-refractivity contribution in [3.05, 3.63) is 147 Å². The van der Waals surface area contributed by atoms with Gasteiger partial charge in [-0.05, 0) is 187 Å². The zero-order valence-corrected chi connectivity index (χ0v) is 44.5. The molecule has 0 amide bonds. The van der Waals surface area contributed by atoms with Crippen LogP contribution < -0.4 is 25.5 Å². The van der Waals surface area contributed by atoms with E-state index < -0.39 is 0 Å². The molecular weight excluding hydrogens is 840 g/mol. The molecule has 4 heteroatoms. The number of benzene rings is 6. The summed E-state index contributed by atoms with van der Waals surface area (Å²) in [5.41, 5.74) is 27.1. The molecular formula is C64H71BN2S. The van der Waals surface area contributed by atoms with E-state index in [1.165, 1.54) is 147 Å². The Morgan fingerprint density at radius 2 is 1.18 bits per heavy atom. The molecule has 0 unspecified atom stereocenters. The third-order valence-electron chi connectivity index (χ3n) is 17.7. The maximum atomic E-state index is 2.77. The number of aryl methyl sites for hydroxylation is 1. The summed E-state index contributed by atoms with van der Waals surface area (Å²) in [6, 6.07) is 39.7. The molecule has 1 aromatic heterocycles. The number of rotatable bonds is 2. The zero-order valence-electron chi connectivity index (χ0n) is 43.7. The molecule has 5 aliphatic rings.